The summed E-state index contributed by atoms with van der Waals surface area (Å²) in [6.45, 7) is 2.14. The summed E-state index contributed by atoms with van der Waals surface area (Å²) in [6.07, 6.45) is 4.71. The zero-order valence-electron chi connectivity index (χ0n) is 14.0. The molecule has 0 atom stereocenters. The minimum Gasteiger partial charge on any atom is -0.339 e. The van der Waals surface area contributed by atoms with E-state index < -0.39 is 0 Å². The number of aromatic amines is 1. The lowest BCUT2D eigenvalue weighted by Crippen LogP contribution is -1.93. The summed E-state index contributed by atoms with van der Waals surface area (Å²) < 4.78 is 2.35. The summed E-state index contributed by atoms with van der Waals surface area (Å²) in [6, 6.07) is 14.0. The first-order valence-electron chi connectivity index (χ1n) is 8.22. The maximum Gasteiger partial charge on any atom is 0.205 e. The molecule has 0 unspecified atom stereocenters. The minimum absolute atomic E-state index is 0.481. The quantitative estimate of drug-likeness (QED) is 0.393. The van der Waals surface area contributed by atoms with Crippen LogP contribution in [0.3, 0.4) is 0 Å². The van der Waals surface area contributed by atoms with Crippen LogP contribution in [0, 0.1) is 4.77 Å². The van der Waals surface area contributed by atoms with Gasteiger partial charge in [-0.15, -0.1) is 0 Å². The van der Waals surface area contributed by atoms with Crippen molar-refractivity contribution in [3.8, 4) is 22.4 Å². The molecule has 4 rings (SSSR count). The van der Waals surface area contributed by atoms with E-state index in [0.29, 0.717) is 14.8 Å². The molecular formula is C20H15Cl2N3S. The summed E-state index contributed by atoms with van der Waals surface area (Å²) >= 11 is 18.0. The Morgan fingerprint density at radius 2 is 1.85 bits per heavy atom. The maximum absolute atomic E-state index is 6.42. The average Bonchev–Trinajstić information content (AvgIpc) is 3.11. The third-order valence-corrected chi connectivity index (χ3v) is 5.55. The number of aryl methyl sites for hydroxylation is 1. The van der Waals surface area contributed by atoms with Crippen LogP contribution in [0.5, 0.6) is 0 Å². The van der Waals surface area contributed by atoms with E-state index >= 15 is 0 Å². The normalized spacial score (nSPS) is 11.2. The fraction of sp³-hybridized carbons (Fsp3) is 0.100. The Bertz CT molecular complexity index is 1160. The van der Waals surface area contributed by atoms with Crippen LogP contribution in [0.4, 0.5) is 0 Å². The van der Waals surface area contributed by atoms with Crippen LogP contribution in [-0.2, 0) is 6.42 Å². The third-order valence-electron chi connectivity index (χ3n) is 4.43. The standard InChI is InChI=1S/C20H15Cl2N3S/c1-2-12-6-8-13(9-7-12)17-11-25-19(24-17)15(10-23-20(25)26)14-4-3-5-16(21)18(14)22/h3-11,24H,2H2,1H3. The number of nitrogens with zero attached hydrogens (tertiary/aromatic N) is 2. The summed E-state index contributed by atoms with van der Waals surface area (Å²) in [7, 11) is 0. The van der Waals surface area contributed by atoms with Crippen molar-refractivity contribution in [1.82, 2.24) is 14.4 Å². The van der Waals surface area contributed by atoms with Gasteiger partial charge in [0.05, 0.1) is 15.7 Å². The van der Waals surface area contributed by atoms with Crippen molar-refractivity contribution in [3.05, 3.63) is 75.2 Å². The van der Waals surface area contributed by atoms with Crippen LogP contribution >= 0.6 is 35.4 Å². The van der Waals surface area contributed by atoms with Crippen molar-refractivity contribution >= 4 is 41.1 Å². The number of aromatic nitrogens is 3. The molecule has 0 saturated carbocycles. The predicted octanol–water partition coefficient (Wildman–Crippen LogP) is 6.60. The summed E-state index contributed by atoms with van der Waals surface area (Å²) in [5.74, 6) is 0. The lowest BCUT2D eigenvalue weighted by Gasteiger charge is -2.07. The molecule has 0 spiro atoms. The molecule has 0 aliphatic heterocycles. The van der Waals surface area contributed by atoms with Crippen LogP contribution in [-0.4, -0.2) is 14.4 Å². The molecule has 0 aliphatic rings. The van der Waals surface area contributed by atoms with Gasteiger partial charge < -0.3 is 4.98 Å². The zero-order valence-corrected chi connectivity index (χ0v) is 16.3. The fourth-order valence-corrected chi connectivity index (χ4v) is 3.58. The van der Waals surface area contributed by atoms with E-state index in [9.17, 15) is 0 Å². The smallest absolute Gasteiger partial charge is 0.205 e. The minimum atomic E-state index is 0.481. The molecule has 3 nitrogen and oxygen atoms in total. The van der Waals surface area contributed by atoms with Gasteiger partial charge >= 0.3 is 0 Å². The summed E-state index contributed by atoms with van der Waals surface area (Å²) in [4.78, 5) is 7.80. The average molecular weight is 400 g/mol. The molecule has 2 heterocycles. The summed E-state index contributed by atoms with van der Waals surface area (Å²) in [5.41, 5.74) is 5.85. The van der Waals surface area contributed by atoms with Gasteiger partial charge in [-0.1, -0.05) is 66.5 Å². The highest BCUT2D eigenvalue weighted by atomic mass is 35.5. The molecule has 2 aromatic carbocycles. The van der Waals surface area contributed by atoms with E-state index in [1.54, 1.807) is 12.3 Å². The second-order valence-corrected chi connectivity index (χ2v) is 7.14. The molecule has 0 radical (unpaired) electrons. The lowest BCUT2D eigenvalue weighted by atomic mass is 10.1. The van der Waals surface area contributed by atoms with Crippen molar-refractivity contribution in [2.45, 2.75) is 13.3 Å². The molecule has 1 N–H and O–H groups in total. The first-order valence-corrected chi connectivity index (χ1v) is 9.39. The zero-order chi connectivity index (χ0) is 18.3. The fourth-order valence-electron chi connectivity index (χ4n) is 2.98. The van der Waals surface area contributed by atoms with Gasteiger partial charge in [-0.25, -0.2) is 4.98 Å². The number of H-pyrrole nitrogens is 1. The maximum atomic E-state index is 6.42. The number of imidazole rings is 1. The van der Waals surface area contributed by atoms with Gasteiger partial charge in [0.1, 0.15) is 5.65 Å². The molecular weight excluding hydrogens is 385 g/mol. The SMILES string of the molecule is CCc1ccc(-c2cn3c(=S)ncc(-c4cccc(Cl)c4Cl)c3[nH]2)cc1. The predicted molar refractivity (Wildman–Crippen MR) is 111 cm³/mol. The Kier molecular flexibility index (Phi) is 4.57. The Balaban J connectivity index is 1.93. The van der Waals surface area contributed by atoms with Crippen LogP contribution in [0.2, 0.25) is 10.0 Å². The molecule has 130 valence electrons. The highest BCUT2D eigenvalue weighted by Crippen LogP contribution is 2.35. The number of benzene rings is 2. The van der Waals surface area contributed by atoms with E-state index in [-0.39, 0.29) is 0 Å². The molecule has 2 aromatic heterocycles. The molecule has 0 fully saturated rings. The van der Waals surface area contributed by atoms with E-state index in [0.717, 1.165) is 34.5 Å². The van der Waals surface area contributed by atoms with Crippen molar-refractivity contribution in [1.29, 1.82) is 0 Å². The topological polar surface area (TPSA) is 33.1 Å². The van der Waals surface area contributed by atoms with Gasteiger partial charge in [-0.3, -0.25) is 4.40 Å². The van der Waals surface area contributed by atoms with Crippen molar-refractivity contribution in [3.63, 3.8) is 0 Å². The van der Waals surface area contributed by atoms with Crippen molar-refractivity contribution < 1.29 is 0 Å². The first kappa shape index (κ1) is 17.3. The number of nitrogens with one attached hydrogen (secondary N) is 1. The van der Waals surface area contributed by atoms with Crippen LogP contribution in [0.1, 0.15) is 12.5 Å². The summed E-state index contributed by atoms with van der Waals surface area (Å²) in [5, 5.41) is 1.00. The Hall–Kier alpha value is -2.14. The van der Waals surface area contributed by atoms with Gasteiger partial charge in [-0.2, -0.15) is 0 Å². The molecule has 0 saturated heterocycles. The van der Waals surface area contributed by atoms with E-state index in [1.165, 1.54) is 5.56 Å². The van der Waals surface area contributed by atoms with Crippen LogP contribution < -0.4 is 0 Å². The van der Waals surface area contributed by atoms with Crippen molar-refractivity contribution in [2.75, 3.05) is 0 Å². The monoisotopic (exact) mass is 399 g/mol. The number of rotatable bonds is 3. The lowest BCUT2D eigenvalue weighted by molar-refractivity contribution is 1.06. The number of hydrogen-bond donors (Lipinski definition) is 1. The van der Waals surface area contributed by atoms with Gasteiger partial charge in [0.25, 0.3) is 0 Å². The van der Waals surface area contributed by atoms with Gasteiger partial charge in [0.15, 0.2) is 0 Å². The molecule has 0 amide bonds. The second-order valence-electron chi connectivity index (χ2n) is 5.99. The highest BCUT2D eigenvalue weighted by molar-refractivity contribution is 7.71. The van der Waals surface area contributed by atoms with Gasteiger partial charge in [-0.05, 0) is 35.8 Å². The molecule has 26 heavy (non-hydrogen) atoms. The molecule has 6 heteroatoms. The number of fused-ring (bicyclic) bond motifs is 1. The van der Waals surface area contributed by atoms with Crippen LogP contribution in [0.25, 0.3) is 28.0 Å². The number of halogens is 2. The molecule has 0 aliphatic carbocycles. The Morgan fingerprint density at radius 1 is 1.08 bits per heavy atom. The first-order chi connectivity index (χ1) is 12.6. The van der Waals surface area contributed by atoms with E-state index in [4.69, 9.17) is 35.4 Å². The number of hydrogen-bond acceptors (Lipinski definition) is 2. The highest BCUT2D eigenvalue weighted by Gasteiger charge is 2.14. The van der Waals surface area contributed by atoms with E-state index in [2.05, 4.69) is 41.2 Å². The van der Waals surface area contributed by atoms with Gasteiger partial charge in [0.2, 0.25) is 4.77 Å². The Labute approximate surface area is 166 Å². The Morgan fingerprint density at radius 3 is 2.58 bits per heavy atom. The van der Waals surface area contributed by atoms with Gasteiger partial charge in [0, 0.05) is 23.5 Å². The largest absolute Gasteiger partial charge is 0.339 e. The van der Waals surface area contributed by atoms with Crippen molar-refractivity contribution in [2.24, 2.45) is 0 Å². The second kappa shape index (κ2) is 6.88. The molecule has 4 aromatic rings. The third kappa shape index (κ3) is 2.94. The molecule has 0 bridgehead atoms. The van der Waals surface area contributed by atoms with E-state index in [1.807, 2.05) is 22.7 Å². The van der Waals surface area contributed by atoms with Crippen LogP contribution in [0.15, 0.2) is 54.9 Å².